The summed E-state index contributed by atoms with van der Waals surface area (Å²) < 4.78 is 11.7. The van der Waals surface area contributed by atoms with Gasteiger partial charge in [0, 0.05) is 28.9 Å². The van der Waals surface area contributed by atoms with Crippen LogP contribution in [0.1, 0.15) is 32.1 Å². The van der Waals surface area contributed by atoms with E-state index in [-0.39, 0.29) is 18.4 Å². The number of rotatable bonds is 8. The molecule has 0 aromatic rings. The Morgan fingerprint density at radius 2 is 2.06 bits per heavy atom. The van der Waals surface area contributed by atoms with Gasteiger partial charge in [0.15, 0.2) is 0 Å². The van der Waals surface area contributed by atoms with Crippen molar-refractivity contribution in [2.45, 2.75) is 38.1 Å². The molecule has 1 saturated carbocycles. The number of hydrogen-bond acceptors (Lipinski definition) is 4. The Kier molecular flexibility index (Phi) is 5.55. The van der Waals surface area contributed by atoms with Gasteiger partial charge < -0.3 is 15.9 Å². The molecule has 1 aliphatic carbocycles. The summed E-state index contributed by atoms with van der Waals surface area (Å²) in [5.41, 5.74) is 5.33. The van der Waals surface area contributed by atoms with E-state index in [1.807, 2.05) is 0 Å². The number of carboxylic acid groups (broad SMARTS) is 1. The highest BCUT2D eigenvalue weighted by Gasteiger charge is 2.36. The fourth-order valence-corrected chi connectivity index (χ4v) is 3.36. The maximum atomic E-state index is 11.7. The van der Waals surface area contributed by atoms with E-state index < -0.39 is 22.8 Å². The van der Waals surface area contributed by atoms with Crippen molar-refractivity contribution in [1.29, 1.82) is 0 Å². The molecule has 1 aliphatic rings. The Balaban J connectivity index is 2.19. The highest BCUT2D eigenvalue weighted by Crippen LogP contribution is 2.43. The lowest BCUT2D eigenvalue weighted by Gasteiger charge is -2.40. The highest BCUT2D eigenvalue weighted by atomic mass is 32.2. The van der Waals surface area contributed by atoms with E-state index in [0.29, 0.717) is 11.5 Å². The molecule has 0 amide bonds. The topological polar surface area (TPSA) is 101 Å². The maximum Gasteiger partial charge on any atom is 0.320 e. The molecule has 6 heteroatoms. The number of aliphatic hydroxyl groups is 1. The Morgan fingerprint density at radius 3 is 2.47 bits per heavy atom. The minimum atomic E-state index is -1.05. The van der Waals surface area contributed by atoms with Gasteiger partial charge in [-0.3, -0.25) is 9.00 Å². The summed E-state index contributed by atoms with van der Waals surface area (Å²) in [6.45, 7) is 0.166. The zero-order valence-corrected chi connectivity index (χ0v) is 10.7. The molecule has 0 spiro atoms. The van der Waals surface area contributed by atoms with E-state index in [1.165, 1.54) is 0 Å². The summed E-state index contributed by atoms with van der Waals surface area (Å²) in [5, 5.41) is 17.8. The second-order valence-electron chi connectivity index (χ2n) is 4.84. The molecule has 0 aliphatic heterocycles. The average Bonchev–Trinajstić information content (AvgIpc) is 2.24. The van der Waals surface area contributed by atoms with Gasteiger partial charge in [0.25, 0.3) is 0 Å². The largest absolute Gasteiger partial charge is 0.480 e. The lowest BCUT2D eigenvalue weighted by atomic mass is 9.68. The lowest BCUT2D eigenvalue weighted by molar-refractivity contribution is -0.138. The van der Waals surface area contributed by atoms with E-state index >= 15 is 0 Å². The van der Waals surface area contributed by atoms with Crippen molar-refractivity contribution < 1.29 is 19.2 Å². The van der Waals surface area contributed by atoms with Gasteiger partial charge in [-0.2, -0.15) is 0 Å². The normalized spacial score (nSPS) is 21.5. The minimum absolute atomic E-state index is 0.00935. The van der Waals surface area contributed by atoms with E-state index in [4.69, 9.17) is 10.8 Å². The summed E-state index contributed by atoms with van der Waals surface area (Å²) in [4.78, 5) is 10.5. The smallest absolute Gasteiger partial charge is 0.320 e. The predicted molar refractivity (Wildman–Crippen MR) is 66.1 cm³/mol. The first kappa shape index (κ1) is 14.6. The highest BCUT2D eigenvalue weighted by molar-refractivity contribution is 7.84. The van der Waals surface area contributed by atoms with Crippen LogP contribution < -0.4 is 5.73 Å². The first-order valence-electron chi connectivity index (χ1n) is 5.93. The number of hydrogen-bond donors (Lipinski definition) is 3. The van der Waals surface area contributed by atoms with Gasteiger partial charge in [-0.25, -0.2) is 0 Å². The molecule has 2 atom stereocenters. The fraction of sp³-hybridized carbons (Fsp3) is 0.909. The van der Waals surface area contributed by atoms with Crippen LogP contribution in [-0.4, -0.2) is 44.5 Å². The van der Waals surface area contributed by atoms with Crippen molar-refractivity contribution in [1.82, 2.24) is 0 Å². The molecule has 0 heterocycles. The first-order valence-corrected chi connectivity index (χ1v) is 7.42. The van der Waals surface area contributed by atoms with Crippen molar-refractivity contribution in [2.24, 2.45) is 11.1 Å². The van der Waals surface area contributed by atoms with Crippen LogP contribution in [0.5, 0.6) is 0 Å². The molecule has 100 valence electrons. The lowest BCUT2D eigenvalue weighted by Crippen LogP contribution is -2.35. The molecular weight excluding hydrogens is 242 g/mol. The number of nitrogens with two attached hydrogens (primary N) is 1. The molecule has 0 aromatic heterocycles. The molecule has 0 bridgehead atoms. The Bertz CT molecular complexity index is 286. The molecule has 0 saturated heterocycles. The van der Waals surface area contributed by atoms with Gasteiger partial charge in [0.1, 0.15) is 6.04 Å². The molecule has 2 unspecified atom stereocenters. The number of aliphatic hydroxyl groups excluding tert-OH is 1. The van der Waals surface area contributed by atoms with Crippen molar-refractivity contribution in [3.05, 3.63) is 0 Å². The molecule has 0 aromatic carbocycles. The maximum absolute atomic E-state index is 11.7. The van der Waals surface area contributed by atoms with Crippen molar-refractivity contribution >= 4 is 16.8 Å². The van der Waals surface area contributed by atoms with Gasteiger partial charge in [-0.1, -0.05) is 6.42 Å². The first-order chi connectivity index (χ1) is 7.99. The van der Waals surface area contributed by atoms with Crippen LogP contribution in [0.15, 0.2) is 0 Å². The van der Waals surface area contributed by atoms with Crippen LogP contribution in [-0.2, 0) is 15.6 Å². The SMILES string of the molecule is NC(CCS(=O)CCC1(CO)CCC1)C(=O)O. The molecule has 17 heavy (non-hydrogen) atoms. The van der Waals surface area contributed by atoms with Gasteiger partial charge in [-0.15, -0.1) is 0 Å². The third kappa shape index (κ3) is 4.37. The summed E-state index contributed by atoms with van der Waals surface area (Å²) in [6.07, 6.45) is 4.16. The monoisotopic (exact) mass is 263 g/mol. The van der Waals surface area contributed by atoms with E-state index in [0.717, 1.165) is 25.7 Å². The molecule has 0 radical (unpaired) electrons. The quantitative estimate of drug-likeness (QED) is 0.576. The van der Waals surface area contributed by atoms with Crippen LogP contribution in [0.3, 0.4) is 0 Å². The van der Waals surface area contributed by atoms with Gasteiger partial charge in [-0.05, 0) is 31.1 Å². The van der Waals surface area contributed by atoms with Gasteiger partial charge >= 0.3 is 5.97 Å². The zero-order valence-electron chi connectivity index (χ0n) is 9.93. The number of aliphatic carboxylic acids is 1. The summed E-state index contributed by atoms with van der Waals surface area (Å²) in [5.74, 6) is -0.185. The number of carboxylic acids is 1. The van der Waals surface area contributed by atoms with Gasteiger partial charge in [0.05, 0.1) is 0 Å². The van der Waals surface area contributed by atoms with Crippen LogP contribution >= 0.6 is 0 Å². The van der Waals surface area contributed by atoms with Crippen LogP contribution in [0, 0.1) is 5.41 Å². The van der Waals surface area contributed by atoms with Crippen LogP contribution in [0.2, 0.25) is 0 Å². The summed E-state index contributed by atoms with van der Waals surface area (Å²) >= 11 is 0. The molecule has 1 fully saturated rings. The molecular formula is C11H21NO4S. The third-order valence-corrected chi connectivity index (χ3v) is 4.93. The Morgan fingerprint density at radius 1 is 1.41 bits per heavy atom. The van der Waals surface area contributed by atoms with E-state index in [9.17, 15) is 14.1 Å². The van der Waals surface area contributed by atoms with Crippen molar-refractivity contribution in [2.75, 3.05) is 18.1 Å². The fourth-order valence-electron chi connectivity index (χ4n) is 1.98. The standard InChI is InChI=1S/C11H21NO4S/c12-9(10(14)15)2-6-17(16)7-5-11(8-13)3-1-4-11/h9,13H,1-8,12H2,(H,14,15). The Labute approximate surface area is 104 Å². The second kappa shape index (κ2) is 6.47. The minimum Gasteiger partial charge on any atom is -0.480 e. The van der Waals surface area contributed by atoms with E-state index in [1.54, 1.807) is 0 Å². The molecule has 1 rings (SSSR count). The molecule has 4 N–H and O–H groups in total. The summed E-state index contributed by atoms with van der Waals surface area (Å²) in [6, 6.07) is -0.922. The van der Waals surface area contributed by atoms with E-state index in [2.05, 4.69) is 0 Å². The summed E-state index contributed by atoms with van der Waals surface area (Å²) in [7, 11) is -1.03. The van der Waals surface area contributed by atoms with Gasteiger partial charge in [0.2, 0.25) is 0 Å². The number of carbonyl (C=O) groups is 1. The van der Waals surface area contributed by atoms with Crippen molar-refractivity contribution in [3.8, 4) is 0 Å². The van der Waals surface area contributed by atoms with Crippen LogP contribution in [0.25, 0.3) is 0 Å². The van der Waals surface area contributed by atoms with Crippen LogP contribution in [0.4, 0.5) is 0 Å². The third-order valence-electron chi connectivity index (χ3n) is 3.58. The predicted octanol–water partition coefficient (Wildman–Crippen LogP) is 0.0898. The molecule has 5 nitrogen and oxygen atoms in total. The Hall–Kier alpha value is -0.460. The van der Waals surface area contributed by atoms with Crippen molar-refractivity contribution in [3.63, 3.8) is 0 Å². The average molecular weight is 263 g/mol. The zero-order chi connectivity index (χ0) is 12.9. The second-order valence-corrected chi connectivity index (χ2v) is 6.54.